The number of benzene rings is 9. The Labute approximate surface area is 378 Å². The first-order chi connectivity index (χ1) is 32.7. The molecular formula is C60H36N6. The van der Waals surface area contributed by atoms with Crippen LogP contribution in [0.3, 0.4) is 0 Å². The second-order valence-corrected chi connectivity index (χ2v) is 17.1. The maximum Gasteiger partial charge on any atom is 0.0991 e. The number of hydrogen-bond acceptors (Lipinski definition) is 2. The predicted molar refractivity (Wildman–Crippen MR) is 272 cm³/mol. The van der Waals surface area contributed by atoms with Crippen LogP contribution in [0.5, 0.6) is 0 Å². The third kappa shape index (κ3) is 5.08. The van der Waals surface area contributed by atoms with E-state index in [0.717, 1.165) is 77.5 Å². The van der Waals surface area contributed by atoms with E-state index in [9.17, 15) is 5.26 Å². The summed E-state index contributed by atoms with van der Waals surface area (Å²) in [5, 5.41) is 19.8. The van der Waals surface area contributed by atoms with Crippen molar-refractivity contribution in [3.05, 3.63) is 224 Å². The molecule has 0 atom stereocenters. The van der Waals surface area contributed by atoms with Crippen molar-refractivity contribution in [1.29, 1.82) is 5.26 Å². The highest BCUT2D eigenvalue weighted by atomic mass is 15.1. The van der Waals surface area contributed by atoms with E-state index in [1.807, 2.05) is 30.6 Å². The largest absolute Gasteiger partial charge is 0.309 e. The molecule has 9 aromatic carbocycles. The van der Waals surface area contributed by atoms with Crippen molar-refractivity contribution in [3.8, 4) is 39.9 Å². The molecule has 0 radical (unpaired) electrons. The molecular weight excluding hydrogens is 805 g/mol. The summed E-state index contributed by atoms with van der Waals surface area (Å²) in [4.78, 5) is 5.09. The van der Waals surface area contributed by atoms with E-state index in [2.05, 4.69) is 212 Å². The minimum absolute atomic E-state index is 0.595. The van der Waals surface area contributed by atoms with Crippen molar-refractivity contribution >= 4 is 87.2 Å². The van der Waals surface area contributed by atoms with Gasteiger partial charge in [0.25, 0.3) is 0 Å². The van der Waals surface area contributed by atoms with Crippen LogP contribution < -0.4 is 0 Å². The van der Waals surface area contributed by atoms with Crippen molar-refractivity contribution in [2.45, 2.75) is 0 Å². The van der Waals surface area contributed by atoms with Gasteiger partial charge >= 0.3 is 0 Å². The normalized spacial score (nSPS) is 11.9. The van der Waals surface area contributed by atoms with Crippen molar-refractivity contribution in [3.63, 3.8) is 0 Å². The summed E-state index contributed by atoms with van der Waals surface area (Å²) in [6.45, 7) is 0. The van der Waals surface area contributed by atoms with E-state index >= 15 is 0 Å². The first-order valence-corrected chi connectivity index (χ1v) is 22.3. The number of hydrogen-bond donors (Lipinski definition) is 0. The molecule has 0 aliphatic rings. The zero-order chi connectivity index (χ0) is 43.5. The van der Waals surface area contributed by atoms with Crippen LogP contribution in [0.1, 0.15) is 5.56 Å². The van der Waals surface area contributed by atoms with E-state index in [0.29, 0.717) is 5.56 Å². The maximum absolute atomic E-state index is 10.3. The standard InChI is InChI=1S/C60H36N6/c61-35-38-14-13-15-39(32-38)60-58(65-54-26-11-5-20-46(54)48-33-40(28-30-56(48)65)63-50-22-7-1-16-42(50)43-17-2-8-23-51(43)63)36-62-37-59(60)66-55-27-12-6-21-47(55)49-34-41(29-31-57(49)66)64-52-24-9-3-18-44(52)45-19-4-10-25-53(45)64/h1-34,36-37H. The van der Waals surface area contributed by atoms with Crippen LogP contribution in [-0.2, 0) is 0 Å². The molecule has 0 saturated carbocycles. The highest BCUT2D eigenvalue weighted by molar-refractivity contribution is 6.15. The van der Waals surface area contributed by atoms with Crippen molar-refractivity contribution in [1.82, 2.24) is 23.3 Å². The molecule has 66 heavy (non-hydrogen) atoms. The minimum Gasteiger partial charge on any atom is -0.309 e. The minimum atomic E-state index is 0.595. The number of nitriles is 1. The molecule has 5 heterocycles. The molecule has 0 N–H and O–H groups in total. The lowest BCUT2D eigenvalue weighted by Gasteiger charge is -2.20. The summed E-state index contributed by atoms with van der Waals surface area (Å²) in [7, 11) is 0. The highest BCUT2D eigenvalue weighted by Gasteiger charge is 2.24. The maximum atomic E-state index is 10.3. The van der Waals surface area contributed by atoms with Crippen LogP contribution in [0.2, 0.25) is 0 Å². The first-order valence-electron chi connectivity index (χ1n) is 22.3. The number of fused-ring (bicyclic) bond motifs is 12. The van der Waals surface area contributed by atoms with Gasteiger partial charge in [0.1, 0.15) is 0 Å². The fourth-order valence-electron chi connectivity index (χ4n) is 10.9. The number of rotatable bonds is 5. The van der Waals surface area contributed by atoms with Crippen LogP contribution in [-0.4, -0.2) is 23.3 Å². The lowest BCUT2D eigenvalue weighted by molar-refractivity contribution is 1.09. The molecule has 0 unspecified atom stereocenters. The van der Waals surface area contributed by atoms with Gasteiger partial charge in [-0.1, -0.05) is 121 Å². The molecule has 14 aromatic rings. The second-order valence-electron chi connectivity index (χ2n) is 17.1. The lowest BCUT2D eigenvalue weighted by atomic mass is 10.0. The average Bonchev–Trinajstić information content (AvgIpc) is 4.11. The number of pyridine rings is 1. The zero-order valence-corrected chi connectivity index (χ0v) is 35.5. The molecule has 6 heteroatoms. The van der Waals surface area contributed by atoms with Crippen molar-refractivity contribution < 1.29 is 0 Å². The van der Waals surface area contributed by atoms with Crippen LogP contribution in [0.15, 0.2) is 219 Å². The van der Waals surface area contributed by atoms with Gasteiger partial charge in [0, 0.05) is 60.0 Å². The Balaban J connectivity index is 1.04. The van der Waals surface area contributed by atoms with Gasteiger partial charge in [-0.3, -0.25) is 4.98 Å². The van der Waals surface area contributed by atoms with Gasteiger partial charge < -0.3 is 18.3 Å². The van der Waals surface area contributed by atoms with Crippen molar-refractivity contribution in [2.75, 3.05) is 0 Å². The summed E-state index contributed by atoms with van der Waals surface area (Å²) in [6, 6.07) is 76.0. The van der Waals surface area contributed by atoms with Gasteiger partial charge in [0.2, 0.25) is 0 Å². The van der Waals surface area contributed by atoms with E-state index in [4.69, 9.17) is 4.98 Å². The Bertz CT molecular complexity index is 4020. The molecule has 6 nitrogen and oxygen atoms in total. The molecule has 306 valence electrons. The fourth-order valence-corrected chi connectivity index (χ4v) is 10.9. The smallest absolute Gasteiger partial charge is 0.0991 e. The third-order valence-electron chi connectivity index (χ3n) is 13.7. The molecule has 0 aliphatic heterocycles. The quantitative estimate of drug-likeness (QED) is 0.173. The van der Waals surface area contributed by atoms with E-state index < -0.39 is 0 Å². The van der Waals surface area contributed by atoms with Crippen LogP contribution in [0.25, 0.3) is 121 Å². The number of aromatic nitrogens is 5. The van der Waals surface area contributed by atoms with E-state index in [1.54, 1.807) is 0 Å². The van der Waals surface area contributed by atoms with Crippen LogP contribution >= 0.6 is 0 Å². The molecule has 0 bridgehead atoms. The molecule has 5 aromatic heterocycles. The molecule has 0 spiro atoms. The molecule has 0 amide bonds. The average molecular weight is 841 g/mol. The van der Waals surface area contributed by atoms with Gasteiger partial charge in [-0.2, -0.15) is 5.26 Å². The van der Waals surface area contributed by atoms with Gasteiger partial charge in [-0.25, -0.2) is 0 Å². The number of nitrogens with zero attached hydrogens (tertiary/aromatic N) is 6. The molecule has 0 aliphatic carbocycles. The van der Waals surface area contributed by atoms with Gasteiger partial charge in [0.05, 0.1) is 79.5 Å². The highest BCUT2D eigenvalue weighted by Crippen LogP contribution is 2.44. The summed E-state index contributed by atoms with van der Waals surface area (Å²) in [5.41, 5.74) is 15.5. The lowest BCUT2D eigenvalue weighted by Crippen LogP contribution is -2.05. The summed E-state index contributed by atoms with van der Waals surface area (Å²) in [5.74, 6) is 0. The van der Waals surface area contributed by atoms with Crippen LogP contribution in [0.4, 0.5) is 0 Å². The Morgan fingerprint density at radius 3 is 1.06 bits per heavy atom. The predicted octanol–water partition coefficient (Wildman–Crippen LogP) is 15.0. The topological polar surface area (TPSA) is 56.4 Å². The monoisotopic (exact) mass is 840 g/mol. The van der Waals surface area contributed by atoms with Gasteiger partial charge in [0.15, 0.2) is 0 Å². The van der Waals surface area contributed by atoms with E-state index in [-0.39, 0.29) is 0 Å². The fraction of sp³-hybridized carbons (Fsp3) is 0. The van der Waals surface area contributed by atoms with Gasteiger partial charge in [-0.15, -0.1) is 0 Å². The zero-order valence-electron chi connectivity index (χ0n) is 35.5. The number of para-hydroxylation sites is 6. The third-order valence-corrected chi connectivity index (χ3v) is 13.7. The Hall–Kier alpha value is -9.18. The Morgan fingerprint density at radius 2 is 0.667 bits per heavy atom. The summed E-state index contributed by atoms with van der Waals surface area (Å²) < 4.78 is 9.48. The molecule has 0 saturated heterocycles. The van der Waals surface area contributed by atoms with Gasteiger partial charge in [-0.05, 0) is 90.5 Å². The van der Waals surface area contributed by atoms with Crippen molar-refractivity contribution in [2.24, 2.45) is 0 Å². The molecule has 14 rings (SSSR count). The Kier molecular flexibility index (Phi) is 7.65. The molecule has 0 fully saturated rings. The SMILES string of the molecule is N#Cc1cccc(-c2c(-n3c4ccccc4c4cc(-n5c6ccccc6c6ccccc65)ccc43)cncc2-n2c3ccccc3c3cc(-n4c5ccccc5c5ccccc54)ccc32)c1. The van der Waals surface area contributed by atoms with Crippen LogP contribution in [0, 0.1) is 11.3 Å². The Morgan fingerprint density at radius 1 is 0.318 bits per heavy atom. The second kappa shape index (κ2) is 13.9. The first kappa shape index (κ1) is 36.3. The van der Waals surface area contributed by atoms with E-state index in [1.165, 1.54) is 43.6 Å². The summed E-state index contributed by atoms with van der Waals surface area (Å²) >= 11 is 0. The summed E-state index contributed by atoms with van der Waals surface area (Å²) in [6.07, 6.45) is 3.97.